The monoisotopic (exact) mass is 321 g/mol. The van der Waals surface area contributed by atoms with Crippen molar-refractivity contribution in [1.82, 2.24) is 14.5 Å². The Hall–Kier alpha value is -1.49. The van der Waals surface area contributed by atoms with Crippen molar-refractivity contribution in [2.24, 2.45) is 0 Å². The average Bonchev–Trinajstić information content (AvgIpc) is 2.63. The summed E-state index contributed by atoms with van der Waals surface area (Å²) in [6.45, 7) is 2.78. The van der Waals surface area contributed by atoms with E-state index in [0.29, 0.717) is 0 Å². The average molecular weight is 321 g/mol. The highest BCUT2D eigenvalue weighted by atomic mass is 32.2. The largest absolute Gasteiger partial charge is 0.480 e. The van der Waals surface area contributed by atoms with Gasteiger partial charge in [-0.25, -0.2) is 13.1 Å². The fourth-order valence-electron chi connectivity index (χ4n) is 1.84. The zero-order valence-electron chi connectivity index (χ0n) is 11.9. The molecule has 0 spiro atoms. The lowest BCUT2D eigenvalue weighted by Crippen LogP contribution is -2.28. The third-order valence-corrected chi connectivity index (χ3v) is 4.36. The predicted octanol–water partition coefficient (Wildman–Crippen LogP) is -1.13. The van der Waals surface area contributed by atoms with Crippen LogP contribution in [-0.4, -0.2) is 60.7 Å². The highest BCUT2D eigenvalue weighted by Crippen LogP contribution is 2.18. The van der Waals surface area contributed by atoms with Crippen LogP contribution in [0.3, 0.4) is 0 Å². The molecule has 0 saturated heterocycles. The molecular weight excluding hydrogens is 302 g/mol. The molecule has 0 radical (unpaired) electrons. The number of ether oxygens (including phenoxy) is 1. The van der Waals surface area contributed by atoms with E-state index in [1.165, 1.54) is 13.8 Å². The molecule has 0 fully saturated rings. The summed E-state index contributed by atoms with van der Waals surface area (Å²) in [5.74, 6) is -1.10. The van der Waals surface area contributed by atoms with Crippen LogP contribution in [-0.2, 0) is 26.1 Å². The number of carboxylic acid groups (broad SMARTS) is 1. The number of sulfonamides is 1. The van der Waals surface area contributed by atoms with Gasteiger partial charge in [0.05, 0.1) is 31.2 Å². The number of aliphatic carboxylic acids is 1. The van der Waals surface area contributed by atoms with Crippen LogP contribution < -0.4 is 4.72 Å². The van der Waals surface area contributed by atoms with Crippen molar-refractivity contribution < 1.29 is 28.2 Å². The third kappa shape index (κ3) is 4.77. The van der Waals surface area contributed by atoms with Crippen LogP contribution in [0.5, 0.6) is 0 Å². The van der Waals surface area contributed by atoms with Gasteiger partial charge in [0, 0.05) is 6.54 Å². The lowest BCUT2D eigenvalue weighted by Gasteiger charge is -2.07. The molecule has 9 nitrogen and oxygen atoms in total. The minimum absolute atomic E-state index is 0.0223. The van der Waals surface area contributed by atoms with Gasteiger partial charge in [0.15, 0.2) is 0 Å². The zero-order chi connectivity index (χ0) is 16.0. The Morgan fingerprint density at radius 1 is 1.38 bits per heavy atom. The predicted molar refractivity (Wildman–Crippen MR) is 72.4 cm³/mol. The van der Waals surface area contributed by atoms with E-state index in [4.69, 9.17) is 14.9 Å². The van der Waals surface area contributed by atoms with Crippen molar-refractivity contribution in [3.05, 3.63) is 11.4 Å². The van der Waals surface area contributed by atoms with Crippen molar-refractivity contribution in [3.63, 3.8) is 0 Å². The second kappa shape index (κ2) is 7.50. The number of aliphatic hydroxyl groups is 1. The Labute approximate surface area is 122 Å². The Bertz CT molecular complexity index is 595. The summed E-state index contributed by atoms with van der Waals surface area (Å²) in [6, 6.07) is 0. The van der Waals surface area contributed by atoms with E-state index in [1.54, 1.807) is 0 Å². The molecular formula is C11H19N3O6S. The summed E-state index contributed by atoms with van der Waals surface area (Å²) < 4.78 is 32.8. The quantitative estimate of drug-likeness (QED) is 0.491. The molecule has 1 aromatic heterocycles. The third-order valence-electron chi connectivity index (χ3n) is 2.64. The minimum atomic E-state index is -3.79. The lowest BCUT2D eigenvalue weighted by molar-refractivity contribution is -0.137. The number of rotatable bonds is 9. The molecule has 120 valence electrons. The molecule has 10 heteroatoms. The molecule has 1 heterocycles. The molecule has 3 N–H and O–H groups in total. The number of hydrogen-bond donors (Lipinski definition) is 3. The van der Waals surface area contributed by atoms with Gasteiger partial charge in [-0.1, -0.05) is 0 Å². The fraction of sp³-hybridized carbons (Fsp3) is 0.636. The van der Waals surface area contributed by atoms with Crippen LogP contribution in [0, 0.1) is 13.8 Å². The number of aryl methyl sites for hydroxylation is 1. The van der Waals surface area contributed by atoms with Crippen LogP contribution in [0.4, 0.5) is 0 Å². The van der Waals surface area contributed by atoms with E-state index in [1.807, 2.05) is 0 Å². The van der Waals surface area contributed by atoms with E-state index in [-0.39, 0.29) is 42.6 Å². The van der Waals surface area contributed by atoms with Gasteiger partial charge in [0.25, 0.3) is 0 Å². The van der Waals surface area contributed by atoms with Crippen LogP contribution in [0.25, 0.3) is 0 Å². The molecule has 1 aromatic rings. The zero-order valence-corrected chi connectivity index (χ0v) is 12.7. The summed E-state index contributed by atoms with van der Waals surface area (Å²) in [5.41, 5.74) is 0.496. The second-order valence-corrected chi connectivity index (χ2v) is 5.99. The molecule has 0 unspecified atom stereocenters. The Morgan fingerprint density at radius 3 is 2.62 bits per heavy atom. The van der Waals surface area contributed by atoms with E-state index < -0.39 is 22.5 Å². The van der Waals surface area contributed by atoms with Gasteiger partial charge in [-0.05, 0) is 13.8 Å². The first kappa shape index (κ1) is 17.6. The van der Waals surface area contributed by atoms with E-state index in [9.17, 15) is 13.2 Å². The summed E-state index contributed by atoms with van der Waals surface area (Å²) in [6.07, 6.45) is 0. The number of carbonyl (C=O) groups is 1. The molecule has 0 saturated carbocycles. The molecule has 0 aliphatic heterocycles. The van der Waals surface area contributed by atoms with Crippen molar-refractivity contribution in [2.45, 2.75) is 25.3 Å². The van der Waals surface area contributed by atoms with Gasteiger partial charge in [0.2, 0.25) is 10.0 Å². The second-order valence-electron chi connectivity index (χ2n) is 4.29. The molecule has 21 heavy (non-hydrogen) atoms. The first-order chi connectivity index (χ1) is 9.79. The van der Waals surface area contributed by atoms with Crippen LogP contribution in [0.1, 0.15) is 11.4 Å². The van der Waals surface area contributed by atoms with Crippen LogP contribution >= 0.6 is 0 Å². The fourth-order valence-corrected chi connectivity index (χ4v) is 3.26. The van der Waals surface area contributed by atoms with Crippen molar-refractivity contribution >= 4 is 16.0 Å². The minimum Gasteiger partial charge on any atom is -0.480 e. The number of carboxylic acids is 1. The van der Waals surface area contributed by atoms with Gasteiger partial charge in [-0.15, -0.1) is 0 Å². The molecule has 0 amide bonds. The SMILES string of the molecule is Cc1nn(CC(=O)O)c(C)c1S(=O)(=O)NCCOCCO. The normalized spacial score (nSPS) is 11.8. The molecule has 0 aliphatic carbocycles. The number of aromatic nitrogens is 2. The van der Waals surface area contributed by atoms with Gasteiger partial charge < -0.3 is 14.9 Å². The maximum Gasteiger partial charge on any atom is 0.325 e. The van der Waals surface area contributed by atoms with Gasteiger partial charge in [0.1, 0.15) is 11.4 Å². The van der Waals surface area contributed by atoms with Gasteiger partial charge in [-0.2, -0.15) is 5.10 Å². The van der Waals surface area contributed by atoms with Gasteiger partial charge >= 0.3 is 5.97 Å². The number of nitrogens with zero attached hydrogens (tertiary/aromatic N) is 2. The topological polar surface area (TPSA) is 131 Å². The maximum atomic E-state index is 12.2. The first-order valence-corrected chi connectivity index (χ1v) is 7.72. The Balaban J connectivity index is 2.83. The summed E-state index contributed by atoms with van der Waals surface area (Å²) >= 11 is 0. The summed E-state index contributed by atoms with van der Waals surface area (Å²) in [7, 11) is -3.79. The smallest absolute Gasteiger partial charge is 0.325 e. The standard InChI is InChI=1S/C11H19N3O6S/c1-8-11(9(2)14(13-8)7-10(16)17)21(18,19)12-3-5-20-6-4-15/h12,15H,3-7H2,1-2H3,(H,16,17). The summed E-state index contributed by atoms with van der Waals surface area (Å²) in [5, 5.41) is 21.2. The summed E-state index contributed by atoms with van der Waals surface area (Å²) in [4.78, 5) is 10.7. The number of nitrogens with one attached hydrogen (secondary N) is 1. The van der Waals surface area contributed by atoms with E-state index in [2.05, 4.69) is 9.82 Å². The van der Waals surface area contributed by atoms with Gasteiger partial charge in [-0.3, -0.25) is 9.48 Å². The molecule has 0 bridgehead atoms. The van der Waals surface area contributed by atoms with Crippen molar-refractivity contribution in [2.75, 3.05) is 26.4 Å². The van der Waals surface area contributed by atoms with Crippen molar-refractivity contribution in [3.8, 4) is 0 Å². The Kier molecular flexibility index (Phi) is 6.27. The van der Waals surface area contributed by atoms with E-state index >= 15 is 0 Å². The highest BCUT2D eigenvalue weighted by Gasteiger charge is 2.24. The number of hydrogen-bond acceptors (Lipinski definition) is 6. The molecule has 0 aromatic carbocycles. The molecule has 0 aliphatic rings. The van der Waals surface area contributed by atoms with Crippen LogP contribution in [0.15, 0.2) is 4.90 Å². The van der Waals surface area contributed by atoms with Crippen molar-refractivity contribution in [1.29, 1.82) is 0 Å². The Morgan fingerprint density at radius 2 is 2.05 bits per heavy atom. The highest BCUT2D eigenvalue weighted by molar-refractivity contribution is 7.89. The lowest BCUT2D eigenvalue weighted by atomic mass is 10.4. The first-order valence-electron chi connectivity index (χ1n) is 6.23. The maximum absolute atomic E-state index is 12.2. The van der Waals surface area contributed by atoms with Crippen LogP contribution in [0.2, 0.25) is 0 Å². The molecule has 0 atom stereocenters. The molecule has 1 rings (SSSR count). The van der Waals surface area contributed by atoms with E-state index in [0.717, 1.165) is 4.68 Å². The number of aliphatic hydroxyl groups excluding tert-OH is 1.